The molecule has 2 aromatic carbocycles. The van der Waals surface area contributed by atoms with Crippen molar-refractivity contribution in [2.24, 2.45) is 0 Å². The van der Waals surface area contributed by atoms with E-state index in [2.05, 4.69) is 29.7 Å². The lowest BCUT2D eigenvalue weighted by Gasteiger charge is -2.24. The summed E-state index contributed by atoms with van der Waals surface area (Å²) >= 11 is 0. The van der Waals surface area contributed by atoms with Crippen LogP contribution in [0.3, 0.4) is 0 Å². The van der Waals surface area contributed by atoms with Crippen LogP contribution in [0.2, 0.25) is 0 Å². The second kappa shape index (κ2) is 10.9. The predicted molar refractivity (Wildman–Crippen MR) is 121 cm³/mol. The fraction of sp³-hybridized carbons (Fsp3) is 0.458. The highest BCUT2D eigenvalue weighted by molar-refractivity contribution is 5.85. The van der Waals surface area contributed by atoms with Crippen LogP contribution in [0, 0.1) is 0 Å². The van der Waals surface area contributed by atoms with E-state index >= 15 is 0 Å². The molecule has 3 aromatic rings. The van der Waals surface area contributed by atoms with Crippen molar-refractivity contribution in [1.82, 2.24) is 9.55 Å². The summed E-state index contributed by atoms with van der Waals surface area (Å²) in [6.07, 6.45) is 2.23. The molecule has 0 aliphatic carbocycles. The van der Waals surface area contributed by atoms with Crippen molar-refractivity contribution >= 4 is 23.4 Å². The van der Waals surface area contributed by atoms with E-state index in [4.69, 9.17) is 14.5 Å². The molecule has 1 aliphatic rings. The van der Waals surface area contributed by atoms with Crippen molar-refractivity contribution in [1.29, 1.82) is 0 Å². The average molecular weight is 431 g/mol. The molecule has 5 nitrogen and oxygen atoms in total. The molecule has 0 amide bonds. The van der Waals surface area contributed by atoms with Crippen LogP contribution in [0.5, 0.6) is 0 Å². The molecule has 0 radical (unpaired) electrons. The van der Waals surface area contributed by atoms with Gasteiger partial charge in [0.1, 0.15) is 5.82 Å². The number of hydrogen-bond acceptors (Lipinski definition) is 4. The minimum Gasteiger partial charge on any atom is -0.389 e. The Kier molecular flexibility index (Phi) is 8.28. The second-order valence-electron chi connectivity index (χ2n) is 7.75. The van der Waals surface area contributed by atoms with Crippen molar-refractivity contribution in [3.63, 3.8) is 0 Å². The third-order valence-electron chi connectivity index (χ3n) is 5.70. The molecule has 2 atom stereocenters. The molecule has 1 N–H and O–H groups in total. The molecule has 2 heterocycles. The zero-order valence-corrected chi connectivity index (χ0v) is 18.3. The zero-order chi connectivity index (χ0) is 20.1. The van der Waals surface area contributed by atoms with Crippen LogP contribution in [-0.4, -0.2) is 40.6 Å². The van der Waals surface area contributed by atoms with Crippen LogP contribution < -0.4 is 0 Å². The Labute approximate surface area is 184 Å². The molecule has 1 fully saturated rings. The SMILES string of the molecule is CCC(OCC(O)Cn1c(C2CCOCC2)nc2ccccc21)c1ccccc1.Cl. The molecule has 1 aromatic heterocycles. The smallest absolute Gasteiger partial charge is 0.113 e. The first-order chi connectivity index (χ1) is 14.3. The van der Waals surface area contributed by atoms with Crippen molar-refractivity contribution in [3.05, 3.63) is 66.0 Å². The van der Waals surface area contributed by atoms with Crippen molar-refractivity contribution in [2.45, 2.75) is 50.9 Å². The van der Waals surface area contributed by atoms with Gasteiger partial charge in [-0.3, -0.25) is 0 Å². The van der Waals surface area contributed by atoms with Gasteiger partial charge < -0.3 is 19.1 Å². The minimum atomic E-state index is -0.594. The third-order valence-corrected chi connectivity index (χ3v) is 5.70. The summed E-state index contributed by atoms with van der Waals surface area (Å²) in [5.41, 5.74) is 3.21. The standard InChI is InChI=1S/C24H30N2O3.ClH/c1-2-23(18-8-4-3-5-9-18)29-17-20(27)16-26-22-11-7-6-10-21(22)25-24(26)19-12-14-28-15-13-19;/h3-11,19-20,23,27H,2,12-17H2,1H3;1H. The molecule has 0 bridgehead atoms. The summed E-state index contributed by atoms with van der Waals surface area (Å²) in [5.74, 6) is 1.43. The normalized spacial score (nSPS) is 16.9. The maximum atomic E-state index is 10.8. The van der Waals surface area contributed by atoms with Crippen LogP contribution in [0.1, 0.15) is 49.6 Å². The van der Waals surface area contributed by atoms with Gasteiger partial charge in [0.15, 0.2) is 0 Å². The van der Waals surface area contributed by atoms with Gasteiger partial charge in [0.05, 0.1) is 36.4 Å². The number of halogens is 1. The van der Waals surface area contributed by atoms with Crippen LogP contribution >= 0.6 is 12.4 Å². The highest BCUT2D eigenvalue weighted by Gasteiger charge is 2.24. The van der Waals surface area contributed by atoms with Gasteiger partial charge in [0.25, 0.3) is 0 Å². The Hall–Kier alpha value is -1.92. The second-order valence-corrected chi connectivity index (χ2v) is 7.75. The summed E-state index contributed by atoms with van der Waals surface area (Å²) in [6, 6.07) is 18.4. The summed E-state index contributed by atoms with van der Waals surface area (Å²) < 4.78 is 13.8. The molecule has 162 valence electrons. The van der Waals surface area contributed by atoms with Crippen LogP contribution in [0.25, 0.3) is 11.0 Å². The van der Waals surface area contributed by atoms with E-state index in [1.54, 1.807) is 0 Å². The number of hydrogen-bond donors (Lipinski definition) is 1. The van der Waals surface area contributed by atoms with Crippen molar-refractivity contribution < 1.29 is 14.6 Å². The van der Waals surface area contributed by atoms with E-state index in [1.165, 1.54) is 0 Å². The monoisotopic (exact) mass is 430 g/mol. The summed E-state index contributed by atoms with van der Waals surface area (Å²) in [5, 5.41) is 10.8. The van der Waals surface area contributed by atoms with Gasteiger partial charge in [-0.25, -0.2) is 4.98 Å². The molecule has 0 saturated carbocycles. The Balaban J connectivity index is 0.00000256. The number of para-hydroxylation sites is 2. The fourth-order valence-corrected chi connectivity index (χ4v) is 4.16. The van der Waals surface area contributed by atoms with E-state index in [-0.39, 0.29) is 18.5 Å². The molecular formula is C24H31ClN2O3. The van der Waals surface area contributed by atoms with E-state index in [1.807, 2.05) is 36.4 Å². The highest BCUT2D eigenvalue weighted by Crippen LogP contribution is 2.30. The predicted octanol–water partition coefficient (Wildman–Crippen LogP) is 4.88. The van der Waals surface area contributed by atoms with Crippen LogP contribution in [-0.2, 0) is 16.0 Å². The number of imidazole rings is 1. The van der Waals surface area contributed by atoms with Crippen LogP contribution in [0.4, 0.5) is 0 Å². The number of benzene rings is 2. The minimum absolute atomic E-state index is 0. The summed E-state index contributed by atoms with van der Waals surface area (Å²) in [4.78, 5) is 4.90. The third kappa shape index (κ3) is 5.22. The van der Waals surface area contributed by atoms with E-state index in [9.17, 15) is 5.11 Å². The molecule has 30 heavy (non-hydrogen) atoms. The quantitative estimate of drug-likeness (QED) is 0.553. The number of rotatable bonds is 8. The lowest BCUT2D eigenvalue weighted by atomic mass is 9.99. The maximum Gasteiger partial charge on any atom is 0.113 e. The Morgan fingerprint density at radius 2 is 1.80 bits per heavy atom. The number of aromatic nitrogens is 2. The molecule has 4 rings (SSSR count). The number of aliphatic hydroxyl groups is 1. The Bertz CT molecular complexity index is 909. The van der Waals surface area contributed by atoms with Crippen molar-refractivity contribution in [3.8, 4) is 0 Å². The highest BCUT2D eigenvalue weighted by atomic mass is 35.5. The van der Waals surface area contributed by atoms with E-state index in [0.29, 0.717) is 19.1 Å². The number of ether oxygens (including phenoxy) is 2. The summed E-state index contributed by atoms with van der Waals surface area (Å²) in [6.45, 7) is 4.44. The lowest BCUT2D eigenvalue weighted by Crippen LogP contribution is -2.26. The molecule has 0 spiro atoms. The number of aliphatic hydroxyl groups excluding tert-OH is 1. The van der Waals surface area contributed by atoms with E-state index < -0.39 is 6.10 Å². The topological polar surface area (TPSA) is 56.5 Å². The van der Waals surface area contributed by atoms with Gasteiger partial charge in [0, 0.05) is 19.1 Å². The van der Waals surface area contributed by atoms with Gasteiger partial charge in [-0.1, -0.05) is 49.4 Å². The lowest BCUT2D eigenvalue weighted by molar-refractivity contribution is -0.0177. The van der Waals surface area contributed by atoms with E-state index in [0.717, 1.165) is 54.9 Å². The fourth-order valence-electron chi connectivity index (χ4n) is 4.16. The molecule has 2 unspecified atom stereocenters. The van der Waals surface area contributed by atoms with Gasteiger partial charge >= 0.3 is 0 Å². The number of fused-ring (bicyclic) bond motifs is 1. The Morgan fingerprint density at radius 1 is 1.10 bits per heavy atom. The Morgan fingerprint density at radius 3 is 2.53 bits per heavy atom. The first-order valence-corrected chi connectivity index (χ1v) is 10.6. The van der Waals surface area contributed by atoms with Gasteiger partial charge in [0.2, 0.25) is 0 Å². The largest absolute Gasteiger partial charge is 0.389 e. The van der Waals surface area contributed by atoms with Gasteiger partial charge in [-0.05, 0) is 37.0 Å². The average Bonchev–Trinajstić information content (AvgIpc) is 3.14. The molecule has 6 heteroatoms. The maximum absolute atomic E-state index is 10.8. The first-order valence-electron chi connectivity index (χ1n) is 10.6. The van der Waals surface area contributed by atoms with Gasteiger partial charge in [-0.2, -0.15) is 0 Å². The zero-order valence-electron chi connectivity index (χ0n) is 17.4. The van der Waals surface area contributed by atoms with Crippen molar-refractivity contribution in [2.75, 3.05) is 19.8 Å². The first kappa shape index (κ1) is 22.8. The van der Waals surface area contributed by atoms with Crippen LogP contribution in [0.15, 0.2) is 54.6 Å². The molecule has 1 saturated heterocycles. The molecular weight excluding hydrogens is 400 g/mol. The molecule has 1 aliphatic heterocycles. The van der Waals surface area contributed by atoms with Gasteiger partial charge in [-0.15, -0.1) is 12.4 Å². The summed E-state index contributed by atoms with van der Waals surface area (Å²) in [7, 11) is 0. The number of nitrogens with zero attached hydrogens (tertiary/aromatic N) is 2.